The van der Waals surface area contributed by atoms with Gasteiger partial charge in [-0.3, -0.25) is 4.79 Å². The highest BCUT2D eigenvalue weighted by Crippen LogP contribution is 2.38. The van der Waals surface area contributed by atoms with E-state index in [1.807, 2.05) is 0 Å². The van der Waals surface area contributed by atoms with Crippen molar-refractivity contribution in [3.05, 3.63) is 53.1 Å². The van der Waals surface area contributed by atoms with Gasteiger partial charge in [0.25, 0.3) is 0 Å². The summed E-state index contributed by atoms with van der Waals surface area (Å²) in [6.07, 6.45) is -5.06. The lowest BCUT2D eigenvalue weighted by atomic mass is 10.1. The molecule has 0 aliphatic carbocycles. The third-order valence-corrected chi connectivity index (χ3v) is 6.82. The van der Waals surface area contributed by atoms with Crippen LogP contribution in [0.3, 0.4) is 0 Å². The number of ether oxygens (including phenoxy) is 1. The number of carbonyl (C=O) groups is 1. The van der Waals surface area contributed by atoms with Crippen molar-refractivity contribution in [2.24, 2.45) is 0 Å². The van der Waals surface area contributed by atoms with Crippen molar-refractivity contribution < 1.29 is 41.3 Å². The first-order chi connectivity index (χ1) is 13.6. The van der Waals surface area contributed by atoms with Crippen LogP contribution in [0.4, 0.5) is 13.2 Å². The molecule has 0 aliphatic rings. The molecule has 0 amide bonds. The fraction of sp³-hybridized carbons (Fsp3) is 0.350. The first-order valence-corrected chi connectivity index (χ1v) is 10.4. The molecule has 0 aromatic heterocycles. The predicted molar refractivity (Wildman–Crippen MR) is 103 cm³/mol. The molecule has 0 heterocycles. The predicted octanol–water partition coefficient (Wildman–Crippen LogP) is 4.54. The van der Waals surface area contributed by atoms with Gasteiger partial charge >= 0.3 is 12.1 Å². The number of aromatic hydroxyl groups is 1. The van der Waals surface area contributed by atoms with E-state index in [9.17, 15) is 31.5 Å². The van der Waals surface area contributed by atoms with Crippen molar-refractivity contribution in [1.29, 1.82) is 0 Å². The molecule has 0 saturated carbocycles. The molecule has 6 nitrogen and oxygen atoms in total. The second-order valence-corrected chi connectivity index (χ2v) is 10.4. The van der Waals surface area contributed by atoms with Crippen LogP contribution in [0, 0.1) is 0 Å². The molecule has 2 N–H and O–H groups in total. The molecule has 0 spiro atoms. The Morgan fingerprint density at radius 2 is 1.67 bits per heavy atom. The van der Waals surface area contributed by atoms with Gasteiger partial charge in [0.2, 0.25) is 0 Å². The molecule has 0 fully saturated rings. The maximum absolute atomic E-state index is 13.1. The summed E-state index contributed by atoms with van der Waals surface area (Å²) in [5.41, 5.74) is -0.994. The lowest BCUT2D eigenvalue weighted by molar-refractivity contribution is -0.138. The lowest BCUT2D eigenvalue weighted by Gasteiger charge is -2.21. The molecule has 0 saturated heterocycles. The van der Waals surface area contributed by atoms with E-state index in [2.05, 4.69) is 0 Å². The Bertz CT molecular complexity index is 1050. The summed E-state index contributed by atoms with van der Waals surface area (Å²) >= 11 is 0. The summed E-state index contributed by atoms with van der Waals surface area (Å²) in [4.78, 5) is 10.9. The van der Waals surface area contributed by atoms with Crippen molar-refractivity contribution in [3.8, 4) is 17.2 Å². The number of hydrogen-bond donors (Lipinski definition) is 2. The van der Waals surface area contributed by atoms with E-state index in [1.54, 1.807) is 0 Å². The topological polar surface area (TPSA) is 101 Å². The lowest BCUT2D eigenvalue weighted by Crippen LogP contribution is -2.29. The number of phenols is 1. The second kappa shape index (κ2) is 8.17. The van der Waals surface area contributed by atoms with Crippen molar-refractivity contribution in [2.75, 3.05) is 0 Å². The fourth-order valence-corrected chi connectivity index (χ4v) is 3.50. The van der Waals surface area contributed by atoms with Crippen molar-refractivity contribution in [1.82, 2.24) is 0 Å². The number of hydrogen-bond acceptors (Lipinski definition) is 5. The van der Waals surface area contributed by atoms with Crippen molar-refractivity contribution in [3.63, 3.8) is 0 Å². The first-order valence-electron chi connectivity index (χ1n) is 8.74. The summed E-state index contributed by atoms with van der Waals surface area (Å²) in [5, 5.41) is 18.9. The minimum Gasteiger partial charge on any atom is -0.504 e. The Kier molecular flexibility index (Phi) is 6.41. The van der Waals surface area contributed by atoms with Gasteiger partial charge in [0.15, 0.2) is 21.3 Å². The molecule has 0 radical (unpaired) electrons. The largest absolute Gasteiger partial charge is 0.504 e. The van der Waals surface area contributed by atoms with Gasteiger partial charge in [-0.15, -0.1) is 0 Å². The third kappa shape index (κ3) is 5.65. The van der Waals surface area contributed by atoms with Crippen LogP contribution in [-0.4, -0.2) is 29.3 Å². The van der Waals surface area contributed by atoms with E-state index >= 15 is 0 Å². The first kappa shape index (κ1) is 23.5. The molecule has 0 unspecified atom stereocenters. The smallest absolute Gasteiger partial charge is 0.416 e. The standard InChI is InChI=1S/C20H21F3O6S/c1-19(2,3)30(27,28)11-13-10-14(20(21,22)23)5-7-16(13)29-17-8-12(9-18(25)26)4-6-15(17)24/h4-8,10,24H,9,11H2,1-3H3,(H,25,26). The van der Waals surface area contributed by atoms with Gasteiger partial charge in [0.1, 0.15) is 5.75 Å². The summed E-state index contributed by atoms with van der Waals surface area (Å²) < 4.78 is 68.9. The number of halogens is 3. The van der Waals surface area contributed by atoms with Gasteiger partial charge in [-0.2, -0.15) is 13.2 Å². The Morgan fingerprint density at radius 1 is 1.03 bits per heavy atom. The number of benzene rings is 2. The van der Waals surface area contributed by atoms with E-state index in [-0.39, 0.29) is 34.8 Å². The zero-order valence-electron chi connectivity index (χ0n) is 16.4. The average Bonchev–Trinajstić information content (AvgIpc) is 2.56. The van der Waals surface area contributed by atoms with E-state index in [1.165, 1.54) is 39.0 Å². The fourth-order valence-electron chi connectivity index (χ4n) is 2.43. The average molecular weight is 446 g/mol. The van der Waals surface area contributed by atoms with Gasteiger partial charge in [-0.1, -0.05) is 6.07 Å². The summed E-state index contributed by atoms with van der Waals surface area (Å²) in [6.45, 7) is 4.28. The van der Waals surface area contributed by atoms with Crippen molar-refractivity contribution >= 4 is 15.8 Å². The Morgan fingerprint density at radius 3 is 2.20 bits per heavy atom. The monoisotopic (exact) mass is 446 g/mol. The maximum Gasteiger partial charge on any atom is 0.416 e. The van der Waals surface area contributed by atoms with Crippen LogP contribution in [0.1, 0.15) is 37.5 Å². The SMILES string of the molecule is CC(C)(C)S(=O)(=O)Cc1cc(C(F)(F)F)ccc1Oc1cc(CC(=O)O)ccc1O. The minimum absolute atomic E-state index is 0.196. The van der Waals surface area contributed by atoms with Gasteiger partial charge in [0, 0.05) is 5.56 Å². The van der Waals surface area contributed by atoms with Gasteiger partial charge < -0.3 is 14.9 Å². The van der Waals surface area contributed by atoms with Gasteiger partial charge in [-0.05, 0) is 56.7 Å². The Hall–Kier alpha value is -2.75. The van der Waals surface area contributed by atoms with Crippen LogP contribution >= 0.6 is 0 Å². The van der Waals surface area contributed by atoms with Crippen LogP contribution < -0.4 is 4.74 Å². The number of aliphatic carboxylic acids is 1. The summed E-state index contributed by atoms with van der Waals surface area (Å²) in [7, 11) is -3.85. The zero-order chi connectivity index (χ0) is 22.9. The van der Waals surface area contributed by atoms with Gasteiger partial charge in [0.05, 0.1) is 22.5 Å². The van der Waals surface area contributed by atoms with E-state index in [0.717, 1.165) is 12.1 Å². The number of rotatable bonds is 6. The molecule has 10 heteroatoms. The van der Waals surface area contributed by atoms with E-state index in [0.29, 0.717) is 6.07 Å². The molecule has 0 atom stereocenters. The molecule has 2 rings (SSSR count). The second-order valence-electron chi connectivity index (χ2n) is 7.67. The number of carboxylic acids is 1. The summed E-state index contributed by atoms with van der Waals surface area (Å²) in [5.74, 6) is -2.63. The minimum atomic E-state index is -4.69. The Balaban J connectivity index is 2.53. The highest BCUT2D eigenvalue weighted by molar-refractivity contribution is 7.91. The number of alkyl halides is 3. The molecule has 30 heavy (non-hydrogen) atoms. The number of carboxylic acid groups (broad SMARTS) is 1. The third-order valence-electron chi connectivity index (χ3n) is 4.27. The molecule has 2 aromatic rings. The normalized spacial score (nSPS) is 12.6. The molecule has 0 aliphatic heterocycles. The number of phenolic OH excluding ortho intramolecular Hbond substituents is 1. The molecular formula is C20H21F3O6S. The van der Waals surface area contributed by atoms with Crippen LogP contribution in [0.5, 0.6) is 17.2 Å². The van der Waals surface area contributed by atoms with E-state index in [4.69, 9.17) is 9.84 Å². The molecule has 0 bridgehead atoms. The molecular weight excluding hydrogens is 425 g/mol. The quantitative estimate of drug-likeness (QED) is 0.676. The highest BCUT2D eigenvalue weighted by atomic mass is 32.2. The van der Waals surface area contributed by atoms with Crippen molar-refractivity contribution in [2.45, 2.75) is 43.9 Å². The Labute approximate surface area is 171 Å². The molecule has 2 aromatic carbocycles. The zero-order valence-corrected chi connectivity index (χ0v) is 17.3. The molecule has 164 valence electrons. The van der Waals surface area contributed by atoms with Crippen LogP contribution in [0.2, 0.25) is 0 Å². The van der Waals surface area contributed by atoms with Gasteiger partial charge in [-0.25, -0.2) is 8.42 Å². The summed E-state index contributed by atoms with van der Waals surface area (Å²) in [6, 6.07) is 6.16. The van der Waals surface area contributed by atoms with Crippen LogP contribution in [0.15, 0.2) is 36.4 Å². The number of sulfone groups is 1. The highest BCUT2D eigenvalue weighted by Gasteiger charge is 2.34. The van der Waals surface area contributed by atoms with E-state index < -0.39 is 38.0 Å². The maximum atomic E-state index is 13.1. The van der Waals surface area contributed by atoms with Crippen LogP contribution in [0.25, 0.3) is 0 Å². The van der Waals surface area contributed by atoms with Crippen LogP contribution in [-0.2, 0) is 33.0 Å².